The van der Waals surface area contributed by atoms with Gasteiger partial charge in [-0.05, 0) is 42.4 Å². The van der Waals surface area contributed by atoms with E-state index in [-0.39, 0.29) is 23.5 Å². The highest BCUT2D eigenvalue weighted by molar-refractivity contribution is 8.15. The lowest BCUT2D eigenvalue weighted by Gasteiger charge is -2.14. The Morgan fingerprint density at radius 3 is 2.71 bits per heavy atom. The number of carbonyl (C=O) groups is 3. The van der Waals surface area contributed by atoms with Crippen molar-refractivity contribution in [3.05, 3.63) is 58.1 Å². The average Bonchev–Trinajstić information content (AvgIpc) is 2.90. The van der Waals surface area contributed by atoms with E-state index >= 15 is 0 Å². The third kappa shape index (κ3) is 3.96. The molecule has 1 aliphatic rings. The molecule has 28 heavy (non-hydrogen) atoms. The number of nitro benzene ring substituents is 1. The van der Waals surface area contributed by atoms with Gasteiger partial charge in [0.25, 0.3) is 10.9 Å². The van der Waals surface area contributed by atoms with Crippen molar-refractivity contribution >= 4 is 45.9 Å². The minimum absolute atomic E-state index is 0.142. The number of aromatic hydroxyl groups is 1. The van der Waals surface area contributed by atoms with Gasteiger partial charge < -0.3 is 10.4 Å². The summed E-state index contributed by atoms with van der Waals surface area (Å²) in [4.78, 5) is 48.3. The number of aryl methyl sites for hydroxylation is 1. The van der Waals surface area contributed by atoms with Crippen LogP contribution < -0.4 is 10.2 Å². The van der Waals surface area contributed by atoms with Gasteiger partial charge in [0.05, 0.1) is 16.3 Å². The van der Waals surface area contributed by atoms with E-state index in [4.69, 9.17) is 0 Å². The molecule has 9 nitrogen and oxygen atoms in total. The number of anilines is 2. The number of phenolic OH excluding ortho intramolecular Hbond substituents is 1. The summed E-state index contributed by atoms with van der Waals surface area (Å²) in [6.07, 6.45) is -0.320. The van der Waals surface area contributed by atoms with Crippen LogP contribution in [0.25, 0.3) is 0 Å². The van der Waals surface area contributed by atoms with Gasteiger partial charge in [-0.25, -0.2) is 4.90 Å². The molecular weight excluding hydrogens is 386 g/mol. The van der Waals surface area contributed by atoms with Crippen molar-refractivity contribution in [2.45, 2.75) is 18.6 Å². The minimum atomic E-state index is -0.922. The van der Waals surface area contributed by atoms with Crippen LogP contribution in [0.15, 0.2) is 42.5 Å². The molecule has 0 spiro atoms. The largest absolute Gasteiger partial charge is 0.506 e. The van der Waals surface area contributed by atoms with Gasteiger partial charge in [-0.1, -0.05) is 12.1 Å². The molecule has 0 saturated carbocycles. The Bertz CT molecular complexity index is 993. The fourth-order valence-corrected chi connectivity index (χ4v) is 3.68. The van der Waals surface area contributed by atoms with Crippen LogP contribution in [0.5, 0.6) is 5.75 Å². The number of non-ortho nitro benzene ring substituents is 1. The Morgan fingerprint density at radius 2 is 2.04 bits per heavy atom. The molecule has 0 radical (unpaired) electrons. The second-order valence-electron chi connectivity index (χ2n) is 6.10. The van der Waals surface area contributed by atoms with Gasteiger partial charge in [0.15, 0.2) is 0 Å². The molecule has 1 heterocycles. The first-order valence-corrected chi connectivity index (χ1v) is 9.02. The average molecular weight is 401 g/mol. The van der Waals surface area contributed by atoms with E-state index in [0.717, 1.165) is 40.4 Å². The van der Waals surface area contributed by atoms with Gasteiger partial charge in [0, 0.05) is 18.6 Å². The Labute approximate surface area is 163 Å². The summed E-state index contributed by atoms with van der Waals surface area (Å²) in [6.45, 7) is 1.83. The molecule has 144 valence electrons. The minimum Gasteiger partial charge on any atom is -0.506 e. The number of nitrogens with one attached hydrogen (secondary N) is 1. The van der Waals surface area contributed by atoms with Crippen LogP contribution in [-0.2, 0) is 9.59 Å². The van der Waals surface area contributed by atoms with E-state index in [9.17, 15) is 29.6 Å². The van der Waals surface area contributed by atoms with Crippen LogP contribution in [0.4, 0.5) is 21.9 Å². The fraction of sp³-hybridized carbons (Fsp3) is 0.167. The fourth-order valence-electron chi connectivity index (χ4n) is 2.69. The SMILES string of the molecule is Cc1cccc(N2C(=O)SC(CC(=O)Nc3cc([N+](=O)[O-])ccc3O)C2=O)c1. The summed E-state index contributed by atoms with van der Waals surface area (Å²) in [5.41, 5.74) is 0.865. The molecule has 0 bridgehead atoms. The zero-order valence-corrected chi connectivity index (χ0v) is 15.4. The number of rotatable bonds is 5. The third-order valence-corrected chi connectivity index (χ3v) is 5.05. The van der Waals surface area contributed by atoms with Crippen molar-refractivity contribution in [1.82, 2.24) is 0 Å². The van der Waals surface area contributed by atoms with Crippen molar-refractivity contribution in [1.29, 1.82) is 0 Å². The van der Waals surface area contributed by atoms with Crippen molar-refractivity contribution in [2.24, 2.45) is 0 Å². The molecule has 0 aliphatic carbocycles. The first-order valence-electron chi connectivity index (χ1n) is 8.15. The Hall–Kier alpha value is -3.40. The highest BCUT2D eigenvalue weighted by Crippen LogP contribution is 2.34. The number of phenols is 1. The van der Waals surface area contributed by atoms with Crippen molar-refractivity contribution in [3.63, 3.8) is 0 Å². The summed E-state index contributed by atoms with van der Waals surface area (Å²) >= 11 is 0.739. The Morgan fingerprint density at radius 1 is 1.29 bits per heavy atom. The van der Waals surface area contributed by atoms with Crippen molar-refractivity contribution < 1.29 is 24.4 Å². The van der Waals surface area contributed by atoms with E-state index in [1.54, 1.807) is 18.2 Å². The lowest BCUT2D eigenvalue weighted by Crippen LogP contribution is -2.33. The summed E-state index contributed by atoms with van der Waals surface area (Å²) < 4.78 is 0. The highest BCUT2D eigenvalue weighted by Gasteiger charge is 2.41. The predicted molar refractivity (Wildman–Crippen MR) is 103 cm³/mol. The van der Waals surface area contributed by atoms with Crippen LogP contribution in [0.2, 0.25) is 0 Å². The highest BCUT2D eigenvalue weighted by atomic mass is 32.2. The van der Waals surface area contributed by atoms with E-state index < -0.39 is 27.2 Å². The van der Waals surface area contributed by atoms with Crippen LogP contribution >= 0.6 is 11.8 Å². The lowest BCUT2D eigenvalue weighted by atomic mass is 10.2. The van der Waals surface area contributed by atoms with Gasteiger partial charge in [0.1, 0.15) is 11.0 Å². The summed E-state index contributed by atoms with van der Waals surface area (Å²) in [5.74, 6) is -1.51. The van der Waals surface area contributed by atoms with Crippen molar-refractivity contribution in [3.8, 4) is 5.75 Å². The van der Waals surface area contributed by atoms with Gasteiger partial charge in [-0.2, -0.15) is 0 Å². The van der Waals surface area contributed by atoms with Gasteiger partial charge in [0.2, 0.25) is 11.8 Å². The predicted octanol–water partition coefficient (Wildman–Crippen LogP) is 3.21. The van der Waals surface area contributed by atoms with E-state index in [1.165, 1.54) is 0 Å². The summed E-state index contributed by atoms with van der Waals surface area (Å²) in [7, 11) is 0. The number of nitro groups is 1. The molecule has 1 saturated heterocycles. The Balaban J connectivity index is 1.71. The maximum absolute atomic E-state index is 12.6. The molecule has 1 fully saturated rings. The molecule has 3 rings (SSSR count). The molecule has 2 aromatic carbocycles. The first-order chi connectivity index (χ1) is 13.3. The van der Waals surface area contributed by atoms with Crippen LogP contribution in [-0.4, -0.2) is 32.3 Å². The second-order valence-corrected chi connectivity index (χ2v) is 7.25. The normalized spacial score (nSPS) is 16.3. The quantitative estimate of drug-likeness (QED) is 0.447. The molecule has 1 atom stereocenters. The molecule has 1 aliphatic heterocycles. The topological polar surface area (TPSA) is 130 Å². The second kappa shape index (κ2) is 7.69. The number of benzene rings is 2. The Kier molecular flexibility index (Phi) is 5.32. The summed E-state index contributed by atoms with van der Waals surface area (Å²) in [6, 6.07) is 10.1. The molecule has 2 N–H and O–H groups in total. The van der Waals surface area contributed by atoms with Crippen molar-refractivity contribution in [2.75, 3.05) is 10.2 Å². The van der Waals surface area contributed by atoms with Gasteiger partial charge >= 0.3 is 0 Å². The molecule has 10 heteroatoms. The maximum atomic E-state index is 12.6. The van der Waals surface area contributed by atoms with E-state index in [2.05, 4.69) is 5.32 Å². The van der Waals surface area contributed by atoms with E-state index in [1.807, 2.05) is 13.0 Å². The van der Waals surface area contributed by atoms with Gasteiger partial charge in [-0.15, -0.1) is 0 Å². The maximum Gasteiger partial charge on any atom is 0.293 e. The smallest absolute Gasteiger partial charge is 0.293 e. The first kappa shape index (κ1) is 19.4. The molecule has 3 amide bonds. The lowest BCUT2D eigenvalue weighted by molar-refractivity contribution is -0.384. The number of carbonyl (C=O) groups excluding carboxylic acids is 3. The number of nitrogens with zero attached hydrogens (tertiary/aromatic N) is 2. The number of hydrogen-bond donors (Lipinski definition) is 2. The number of thioether (sulfide) groups is 1. The van der Waals surface area contributed by atoms with Crippen LogP contribution in [0.3, 0.4) is 0 Å². The molecule has 0 aromatic heterocycles. The van der Waals surface area contributed by atoms with Crippen LogP contribution in [0.1, 0.15) is 12.0 Å². The number of imide groups is 1. The zero-order valence-electron chi connectivity index (χ0n) is 14.6. The number of amides is 3. The molecule has 1 unspecified atom stereocenters. The number of hydrogen-bond acceptors (Lipinski definition) is 7. The third-order valence-electron chi connectivity index (χ3n) is 4.02. The molecular formula is C18H15N3O6S. The van der Waals surface area contributed by atoms with E-state index in [0.29, 0.717) is 5.69 Å². The monoisotopic (exact) mass is 401 g/mol. The standard InChI is InChI=1S/C18H15N3O6S/c1-10-3-2-4-11(7-10)20-17(24)15(28-18(20)25)9-16(23)19-13-8-12(21(26)27)5-6-14(13)22/h2-8,15,22H,9H2,1H3,(H,19,23). The zero-order chi connectivity index (χ0) is 20.4. The van der Waals surface area contributed by atoms with Gasteiger partial charge in [-0.3, -0.25) is 24.5 Å². The van der Waals surface area contributed by atoms with Crippen LogP contribution in [0, 0.1) is 17.0 Å². The molecule has 2 aromatic rings. The summed E-state index contributed by atoms with van der Waals surface area (Å²) in [5, 5.41) is 21.5.